The maximum atomic E-state index is 9.42. The van der Waals surface area contributed by atoms with Crippen LogP contribution in [0.15, 0.2) is 36.0 Å². The van der Waals surface area contributed by atoms with Crippen LogP contribution >= 0.6 is 11.3 Å². The fourth-order valence-corrected chi connectivity index (χ4v) is 3.32. The number of benzene rings is 1. The van der Waals surface area contributed by atoms with Crippen molar-refractivity contribution in [1.82, 2.24) is 9.97 Å². The van der Waals surface area contributed by atoms with Gasteiger partial charge in [0.2, 0.25) is 0 Å². The summed E-state index contributed by atoms with van der Waals surface area (Å²) >= 11 is 1.62. The number of hydrogen-bond acceptors (Lipinski definition) is 5. The van der Waals surface area contributed by atoms with Crippen LogP contribution < -0.4 is 5.32 Å². The van der Waals surface area contributed by atoms with Gasteiger partial charge in [0.1, 0.15) is 17.0 Å². The first-order valence-corrected chi connectivity index (χ1v) is 8.27. The maximum Gasteiger partial charge on any atom is 0.139 e. The molecule has 0 radical (unpaired) electrons. The van der Waals surface area contributed by atoms with Crippen LogP contribution in [0.1, 0.15) is 18.9 Å². The minimum absolute atomic E-state index is 0.00358. The van der Waals surface area contributed by atoms with Crippen LogP contribution in [0.3, 0.4) is 0 Å². The minimum Gasteiger partial charge on any atom is -0.394 e. The van der Waals surface area contributed by atoms with Crippen molar-refractivity contribution in [2.24, 2.45) is 0 Å². The molecule has 22 heavy (non-hydrogen) atoms. The highest BCUT2D eigenvalue weighted by Crippen LogP contribution is 2.36. The lowest BCUT2D eigenvalue weighted by Crippen LogP contribution is -2.23. The van der Waals surface area contributed by atoms with Gasteiger partial charge in [0.25, 0.3) is 0 Å². The molecule has 0 aliphatic carbocycles. The van der Waals surface area contributed by atoms with E-state index in [4.69, 9.17) is 0 Å². The van der Waals surface area contributed by atoms with Crippen molar-refractivity contribution in [2.45, 2.75) is 26.3 Å². The summed E-state index contributed by atoms with van der Waals surface area (Å²) in [5, 5.41) is 15.9. The van der Waals surface area contributed by atoms with Gasteiger partial charge in [-0.15, -0.1) is 11.3 Å². The van der Waals surface area contributed by atoms with Crippen LogP contribution in [0.25, 0.3) is 21.3 Å². The first-order valence-electron chi connectivity index (χ1n) is 7.39. The van der Waals surface area contributed by atoms with Crippen LogP contribution in [0.4, 0.5) is 5.82 Å². The normalized spacial score (nSPS) is 12.5. The van der Waals surface area contributed by atoms with Crippen molar-refractivity contribution >= 4 is 27.4 Å². The molecule has 2 heterocycles. The SMILES string of the molecule is CCC(CO)Nc1ncnc2scc(-c3ccc(C)cc3)c12. The van der Waals surface area contributed by atoms with Crippen molar-refractivity contribution in [3.05, 3.63) is 41.5 Å². The highest BCUT2D eigenvalue weighted by molar-refractivity contribution is 7.17. The lowest BCUT2D eigenvalue weighted by Gasteiger charge is -2.15. The number of aromatic nitrogens is 2. The third-order valence-corrected chi connectivity index (χ3v) is 4.67. The zero-order valence-corrected chi connectivity index (χ0v) is 13.5. The Morgan fingerprint density at radius 3 is 2.68 bits per heavy atom. The summed E-state index contributed by atoms with van der Waals surface area (Å²) < 4.78 is 0. The van der Waals surface area contributed by atoms with E-state index in [9.17, 15) is 5.11 Å². The summed E-state index contributed by atoms with van der Waals surface area (Å²) in [6, 6.07) is 8.47. The van der Waals surface area contributed by atoms with E-state index >= 15 is 0 Å². The number of aliphatic hydroxyl groups is 1. The molecule has 0 aliphatic rings. The molecule has 5 heteroatoms. The number of nitrogens with one attached hydrogen (secondary N) is 1. The second-order valence-electron chi connectivity index (χ2n) is 5.35. The number of hydrogen-bond donors (Lipinski definition) is 2. The number of aliphatic hydroxyl groups excluding tert-OH is 1. The molecule has 0 aliphatic heterocycles. The van der Waals surface area contributed by atoms with E-state index in [1.807, 2.05) is 6.92 Å². The van der Waals surface area contributed by atoms with Gasteiger partial charge in [-0.25, -0.2) is 9.97 Å². The molecule has 0 spiro atoms. The van der Waals surface area contributed by atoms with Crippen molar-refractivity contribution in [1.29, 1.82) is 0 Å². The highest BCUT2D eigenvalue weighted by atomic mass is 32.1. The van der Waals surface area contributed by atoms with E-state index in [1.54, 1.807) is 17.7 Å². The summed E-state index contributed by atoms with van der Waals surface area (Å²) in [6.45, 7) is 4.21. The second-order valence-corrected chi connectivity index (χ2v) is 6.21. The molecule has 114 valence electrons. The van der Waals surface area contributed by atoms with Gasteiger partial charge >= 0.3 is 0 Å². The number of anilines is 1. The molecule has 4 nitrogen and oxygen atoms in total. The summed E-state index contributed by atoms with van der Waals surface area (Å²) in [5.41, 5.74) is 3.53. The second kappa shape index (κ2) is 6.42. The number of rotatable bonds is 5. The zero-order valence-electron chi connectivity index (χ0n) is 12.7. The molecule has 2 aromatic heterocycles. The lowest BCUT2D eigenvalue weighted by atomic mass is 10.0. The molecule has 3 aromatic rings. The summed E-state index contributed by atoms with van der Waals surface area (Å²) in [5.74, 6) is 0.794. The Labute approximate surface area is 133 Å². The van der Waals surface area contributed by atoms with E-state index in [0.29, 0.717) is 0 Å². The van der Waals surface area contributed by atoms with Crippen molar-refractivity contribution in [3.63, 3.8) is 0 Å². The molecular formula is C17H19N3OS. The van der Waals surface area contributed by atoms with E-state index in [-0.39, 0.29) is 12.6 Å². The fourth-order valence-electron chi connectivity index (χ4n) is 2.40. The van der Waals surface area contributed by atoms with Gasteiger partial charge in [-0.2, -0.15) is 0 Å². The van der Waals surface area contributed by atoms with E-state index in [0.717, 1.165) is 33.6 Å². The van der Waals surface area contributed by atoms with Gasteiger partial charge in [0, 0.05) is 10.9 Å². The maximum absolute atomic E-state index is 9.42. The third kappa shape index (κ3) is 2.82. The molecule has 0 amide bonds. The number of thiophene rings is 1. The van der Waals surface area contributed by atoms with Crippen molar-refractivity contribution in [3.8, 4) is 11.1 Å². The summed E-state index contributed by atoms with van der Waals surface area (Å²) in [4.78, 5) is 9.72. The Bertz CT molecular complexity index is 763. The largest absolute Gasteiger partial charge is 0.394 e. The molecule has 3 rings (SSSR count). The van der Waals surface area contributed by atoms with Gasteiger partial charge in [-0.05, 0) is 18.9 Å². The van der Waals surface area contributed by atoms with Crippen LogP contribution in [-0.2, 0) is 0 Å². The Morgan fingerprint density at radius 2 is 2.00 bits per heavy atom. The van der Waals surface area contributed by atoms with Gasteiger partial charge < -0.3 is 10.4 Å². The van der Waals surface area contributed by atoms with E-state index in [2.05, 4.69) is 51.9 Å². The average Bonchev–Trinajstić information content (AvgIpc) is 2.98. The molecule has 0 saturated heterocycles. The Hall–Kier alpha value is -1.98. The summed E-state index contributed by atoms with van der Waals surface area (Å²) in [7, 11) is 0. The molecule has 0 saturated carbocycles. The van der Waals surface area contributed by atoms with Crippen molar-refractivity contribution < 1.29 is 5.11 Å². The van der Waals surface area contributed by atoms with Crippen LogP contribution in [0.2, 0.25) is 0 Å². The first-order chi connectivity index (χ1) is 10.7. The smallest absolute Gasteiger partial charge is 0.139 e. The van der Waals surface area contributed by atoms with Gasteiger partial charge in [-0.1, -0.05) is 36.8 Å². The van der Waals surface area contributed by atoms with Gasteiger partial charge in [0.05, 0.1) is 18.0 Å². The molecule has 1 unspecified atom stereocenters. The van der Waals surface area contributed by atoms with Crippen molar-refractivity contribution in [2.75, 3.05) is 11.9 Å². The molecule has 1 atom stereocenters. The predicted molar refractivity (Wildman–Crippen MR) is 92.4 cm³/mol. The predicted octanol–water partition coefficient (Wildman–Crippen LogP) is 3.85. The topological polar surface area (TPSA) is 58.0 Å². The quantitative estimate of drug-likeness (QED) is 0.751. The monoisotopic (exact) mass is 313 g/mol. The van der Waals surface area contributed by atoms with Crippen LogP contribution in [0, 0.1) is 6.92 Å². The lowest BCUT2D eigenvalue weighted by molar-refractivity contribution is 0.271. The van der Waals surface area contributed by atoms with E-state index in [1.165, 1.54) is 5.56 Å². The first kappa shape index (κ1) is 14.9. The van der Waals surface area contributed by atoms with Gasteiger partial charge in [-0.3, -0.25) is 0 Å². The van der Waals surface area contributed by atoms with Crippen LogP contribution in [0.5, 0.6) is 0 Å². The molecular weight excluding hydrogens is 294 g/mol. The van der Waals surface area contributed by atoms with Crippen LogP contribution in [-0.4, -0.2) is 27.7 Å². The third-order valence-electron chi connectivity index (χ3n) is 3.79. The molecule has 0 bridgehead atoms. The Morgan fingerprint density at radius 1 is 1.23 bits per heavy atom. The number of aryl methyl sites for hydroxylation is 1. The Balaban J connectivity index is 2.10. The molecule has 2 N–H and O–H groups in total. The highest BCUT2D eigenvalue weighted by Gasteiger charge is 2.15. The number of fused-ring (bicyclic) bond motifs is 1. The molecule has 0 fully saturated rings. The minimum atomic E-state index is 0.00358. The fraction of sp³-hybridized carbons (Fsp3) is 0.294. The van der Waals surface area contributed by atoms with E-state index < -0.39 is 0 Å². The standard InChI is InChI=1S/C17H19N3OS/c1-3-13(8-21)20-16-15-14(9-22-17(15)19-10-18-16)12-6-4-11(2)5-7-12/h4-7,9-10,13,21H,3,8H2,1-2H3,(H,18,19,20). The molecule has 1 aromatic carbocycles. The average molecular weight is 313 g/mol. The summed E-state index contributed by atoms with van der Waals surface area (Å²) in [6.07, 6.45) is 2.41. The Kier molecular flexibility index (Phi) is 4.36. The zero-order chi connectivity index (χ0) is 15.5. The number of nitrogens with zero attached hydrogens (tertiary/aromatic N) is 2. The van der Waals surface area contributed by atoms with Gasteiger partial charge in [0.15, 0.2) is 0 Å².